The highest BCUT2D eigenvalue weighted by atomic mass is 19.1. The first-order valence-electron chi connectivity index (χ1n) is 6.52. The highest BCUT2D eigenvalue weighted by Gasteiger charge is 2.26. The molecular weight excluding hydrogens is 252 g/mol. The van der Waals surface area contributed by atoms with Crippen molar-refractivity contribution in [2.45, 2.75) is 44.2 Å². The summed E-state index contributed by atoms with van der Waals surface area (Å²) in [6.45, 7) is 0. The minimum atomic E-state index is -0.888. The van der Waals surface area contributed by atoms with Crippen molar-refractivity contribution in [3.8, 4) is 0 Å². The molecule has 2 unspecified atom stereocenters. The van der Waals surface area contributed by atoms with E-state index in [0.717, 1.165) is 31.4 Å². The standard InChI is InChI=1S/C14H17F2NO2/c15-9-5-4-6-10(16)13(9)14(19)17-11-7-2-1-3-8-12(11)18/h4-6,11-12,18H,1-3,7-8H2,(H,17,19). The third-order valence-corrected chi connectivity index (χ3v) is 3.49. The number of aliphatic hydroxyl groups is 1. The molecule has 3 nitrogen and oxygen atoms in total. The summed E-state index contributed by atoms with van der Waals surface area (Å²) < 4.78 is 26.9. The van der Waals surface area contributed by atoms with E-state index in [4.69, 9.17) is 0 Å². The van der Waals surface area contributed by atoms with Gasteiger partial charge in [0.2, 0.25) is 0 Å². The van der Waals surface area contributed by atoms with Crippen LogP contribution in [0.15, 0.2) is 18.2 Å². The van der Waals surface area contributed by atoms with E-state index in [9.17, 15) is 18.7 Å². The predicted octanol–water partition coefficient (Wildman–Crippen LogP) is 2.39. The third kappa shape index (κ3) is 3.29. The molecule has 19 heavy (non-hydrogen) atoms. The average Bonchev–Trinajstić information content (AvgIpc) is 2.55. The van der Waals surface area contributed by atoms with Crippen LogP contribution in [0.2, 0.25) is 0 Å². The molecule has 1 amide bonds. The Bertz CT molecular complexity index is 445. The van der Waals surface area contributed by atoms with Crippen LogP contribution >= 0.6 is 0 Å². The van der Waals surface area contributed by atoms with E-state index in [1.807, 2.05) is 0 Å². The summed E-state index contributed by atoms with van der Waals surface area (Å²) in [7, 11) is 0. The molecule has 1 fully saturated rings. The van der Waals surface area contributed by atoms with E-state index in [-0.39, 0.29) is 0 Å². The Morgan fingerprint density at radius 1 is 1.16 bits per heavy atom. The number of halogens is 2. The van der Waals surface area contributed by atoms with E-state index in [1.54, 1.807) is 0 Å². The molecule has 2 atom stereocenters. The fraction of sp³-hybridized carbons (Fsp3) is 0.500. The van der Waals surface area contributed by atoms with E-state index < -0.39 is 35.3 Å². The van der Waals surface area contributed by atoms with Gasteiger partial charge in [0, 0.05) is 0 Å². The van der Waals surface area contributed by atoms with Gasteiger partial charge < -0.3 is 10.4 Å². The maximum atomic E-state index is 13.5. The molecule has 0 saturated heterocycles. The molecule has 0 spiro atoms. The summed E-state index contributed by atoms with van der Waals surface area (Å²) in [5, 5.41) is 12.4. The highest BCUT2D eigenvalue weighted by Crippen LogP contribution is 2.19. The van der Waals surface area contributed by atoms with Gasteiger partial charge in [-0.25, -0.2) is 8.78 Å². The van der Waals surface area contributed by atoms with Crippen LogP contribution in [0.3, 0.4) is 0 Å². The summed E-state index contributed by atoms with van der Waals surface area (Å²) in [6.07, 6.45) is 3.37. The van der Waals surface area contributed by atoms with Crippen molar-refractivity contribution in [2.24, 2.45) is 0 Å². The Balaban J connectivity index is 2.12. The zero-order chi connectivity index (χ0) is 13.8. The zero-order valence-electron chi connectivity index (χ0n) is 10.5. The number of aliphatic hydroxyl groups excluding tert-OH is 1. The molecule has 1 aliphatic rings. The van der Waals surface area contributed by atoms with Crippen LogP contribution in [0.1, 0.15) is 42.5 Å². The number of benzene rings is 1. The monoisotopic (exact) mass is 269 g/mol. The highest BCUT2D eigenvalue weighted by molar-refractivity contribution is 5.94. The minimum absolute atomic E-state index is 0.436. The lowest BCUT2D eigenvalue weighted by Crippen LogP contribution is -2.43. The van der Waals surface area contributed by atoms with E-state index in [2.05, 4.69) is 5.32 Å². The molecule has 2 rings (SSSR count). The first-order chi connectivity index (χ1) is 9.09. The van der Waals surface area contributed by atoms with Crippen molar-refractivity contribution in [1.82, 2.24) is 5.32 Å². The Hall–Kier alpha value is -1.49. The van der Waals surface area contributed by atoms with Crippen molar-refractivity contribution in [1.29, 1.82) is 0 Å². The lowest BCUT2D eigenvalue weighted by Gasteiger charge is -2.22. The maximum Gasteiger partial charge on any atom is 0.257 e. The van der Waals surface area contributed by atoms with Crippen LogP contribution in [0.25, 0.3) is 0 Å². The van der Waals surface area contributed by atoms with Gasteiger partial charge in [0.05, 0.1) is 12.1 Å². The average molecular weight is 269 g/mol. The van der Waals surface area contributed by atoms with Crippen molar-refractivity contribution in [3.05, 3.63) is 35.4 Å². The predicted molar refractivity (Wildman–Crippen MR) is 66.7 cm³/mol. The number of nitrogens with one attached hydrogen (secondary N) is 1. The summed E-state index contributed by atoms with van der Waals surface area (Å²) in [4.78, 5) is 11.9. The molecule has 1 aliphatic carbocycles. The van der Waals surface area contributed by atoms with Crippen LogP contribution in [-0.4, -0.2) is 23.2 Å². The maximum absolute atomic E-state index is 13.5. The molecule has 0 aliphatic heterocycles. The van der Waals surface area contributed by atoms with E-state index in [1.165, 1.54) is 6.07 Å². The normalized spacial score (nSPS) is 23.7. The Kier molecular flexibility index (Phi) is 4.47. The quantitative estimate of drug-likeness (QED) is 0.810. The molecule has 1 aromatic carbocycles. The van der Waals surface area contributed by atoms with Gasteiger partial charge in [-0.2, -0.15) is 0 Å². The van der Waals surface area contributed by atoms with Crippen LogP contribution in [0, 0.1) is 11.6 Å². The zero-order valence-corrected chi connectivity index (χ0v) is 10.5. The number of rotatable bonds is 2. The summed E-state index contributed by atoms with van der Waals surface area (Å²) in [6, 6.07) is 2.86. The van der Waals surface area contributed by atoms with Gasteiger partial charge in [-0.05, 0) is 25.0 Å². The summed E-state index contributed by atoms with van der Waals surface area (Å²) >= 11 is 0. The Labute approximate surface area is 110 Å². The van der Waals surface area contributed by atoms with Crippen molar-refractivity contribution in [2.75, 3.05) is 0 Å². The molecule has 1 aromatic rings. The van der Waals surface area contributed by atoms with Gasteiger partial charge in [-0.3, -0.25) is 4.79 Å². The van der Waals surface area contributed by atoms with Crippen LogP contribution < -0.4 is 5.32 Å². The van der Waals surface area contributed by atoms with Gasteiger partial charge >= 0.3 is 0 Å². The largest absolute Gasteiger partial charge is 0.391 e. The number of amides is 1. The second-order valence-corrected chi connectivity index (χ2v) is 4.88. The van der Waals surface area contributed by atoms with Crippen LogP contribution in [0.5, 0.6) is 0 Å². The Morgan fingerprint density at radius 3 is 2.47 bits per heavy atom. The van der Waals surface area contributed by atoms with Gasteiger partial charge in [0.15, 0.2) is 0 Å². The SMILES string of the molecule is O=C(NC1CCCCCC1O)c1c(F)cccc1F. The first kappa shape index (κ1) is 13.9. The smallest absolute Gasteiger partial charge is 0.257 e. The molecule has 2 N–H and O–H groups in total. The van der Waals surface area contributed by atoms with Crippen LogP contribution in [0.4, 0.5) is 8.78 Å². The van der Waals surface area contributed by atoms with Crippen LogP contribution in [-0.2, 0) is 0 Å². The molecule has 0 aromatic heterocycles. The minimum Gasteiger partial charge on any atom is -0.391 e. The molecule has 0 radical (unpaired) electrons. The number of hydrogen-bond acceptors (Lipinski definition) is 2. The fourth-order valence-corrected chi connectivity index (χ4v) is 2.41. The van der Waals surface area contributed by atoms with Gasteiger partial charge in [0.1, 0.15) is 17.2 Å². The second-order valence-electron chi connectivity index (χ2n) is 4.88. The molecule has 104 valence electrons. The van der Waals surface area contributed by atoms with Crippen molar-refractivity contribution >= 4 is 5.91 Å². The number of carbonyl (C=O) groups is 1. The number of carbonyl (C=O) groups excluding carboxylic acids is 1. The molecular formula is C14H17F2NO2. The van der Waals surface area contributed by atoms with Crippen molar-refractivity contribution < 1.29 is 18.7 Å². The lowest BCUT2D eigenvalue weighted by molar-refractivity contribution is 0.0811. The van der Waals surface area contributed by atoms with Gasteiger partial charge in [-0.1, -0.05) is 25.3 Å². The van der Waals surface area contributed by atoms with E-state index >= 15 is 0 Å². The van der Waals surface area contributed by atoms with Gasteiger partial charge in [-0.15, -0.1) is 0 Å². The summed E-state index contributed by atoms with van der Waals surface area (Å²) in [5.41, 5.74) is -0.584. The van der Waals surface area contributed by atoms with Gasteiger partial charge in [0.25, 0.3) is 5.91 Å². The third-order valence-electron chi connectivity index (χ3n) is 3.49. The molecule has 0 heterocycles. The Morgan fingerprint density at radius 2 is 1.79 bits per heavy atom. The summed E-state index contributed by atoms with van der Waals surface area (Å²) in [5.74, 6) is -2.58. The molecule has 0 bridgehead atoms. The molecule has 1 saturated carbocycles. The van der Waals surface area contributed by atoms with Crippen molar-refractivity contribution in [3.63, 3.8) is 0 Å². The topological polar surface area (TPSA) is 49.3 Å². The second kappa shape index (κ2) is 6.10. The first-order valence-corrected chi connectivity index (χ1v) is 6.52. The molecule has 5 heteroatoms. The lowest BCUT2D eigenvalue weighted by atomic mass is 10.1. The number of hydrogen-bond donors (Lipinski definition) is 2. The fourth-order valence-electron chi connectivity index (χ4n) is 2.41. The van der Waals surface area contributed by atoms with E-state index in [0.29, 0.717) is 12.8 Å².